The normalized spacial score (nSPS) is 12.3. The molecule has 0 fully saturated rings. The Morgan fingerprint density at radius 3 is 2.12 bits per heavy atom. The maximum absolute atomic E-state index is 12.1. The number of anilines is 1. The zero-order valence-corrected chi connectivity index (χ0v) is 15.2. The van der Waals surface area contributed by atoms with Gasteiger partial charge in [0.15, 0.2) is 0 Å². The minimum atomic E-state index is -3.66. The van der Waals surface area contributed by atoms with Crippen LogP contribution < -0.4 is 9.04 Å². The largest absolute Gasteiger partial charge is 0.464 e. The number of sulfonamides is 1. The van der Waals surface area contributed by atoms with Gasteiger partial charge in [-0.3, -0.25) is 4.31 Å². The summed E-state index contributed by atoms with van der Waals surface area (Å²) in [5.74, 6) is 0.639. The van der Waals surface area contributed by atoms with E-state index < -0.39 is 22.0 Å². The Labute approximate surface area is 148 Å². The molecule has 6 nitrogen and oxygen atoms in total. The van der Waals surface area contributed by atoms with Crippen molar-refractivity contribution in [1.82, 2.24) is 0 Å². The van der Waals surface area contributed by atoms with Gasteiger partial charge in [-0.15, -0.1) is 0 Å². The summed E-state index contributed by atoms with van der Waals surface area (Å²) in [7, 11) is -3.66. The Bertz CT molecular complexity index is 803. The molecule has 0 N–H and O–H groups in total. The molecule has 7 heteroatoms. The second-order valence-electron chi connectivity index (χ2n) is 5.40. The predicted molar refractivity (Wildman–Crippen MR) is 96.4 cm³/mol. The number of ether oxygens (including phenoxy) is 2. The maximum Gasteiger partial charge on any atom is 0.329 e. The van der Waals surface area contributed by atoms with Crippen LogP contribution in [-0.4, -0.2) is 33.3 Å². The van der Waals surface area contributed by atoms with Crippen LogP contribution in [0.4, 0.5) is 5.69 Å². The van der Waals surface area contributed by atoms with Gasteiger partial charge in [-0.1, -0.05) is 18.2 Å². The summed E-state index contributed by atoms with van der Waals surface area (Å²) < 4.78 is 35.9. The highest BCUT2D eigenvalue weighted by molar-refractivity contribution is 7.92. The molecule has 0 saturated carbocycles. The van der Waals surface area contributed by atoms with Crippen LogP contribution in [0.1, 0.15) is 13.8 Å². The number of benzene rings is 2. The smallest absolute Gasteiger partial charge is 0.329 e. The van der Waals surface area contributed by atoms with E-state index in [0.29, 0.717) is 17.2 Å². The lowest BCUT2D eigenvalue weighted by molar-refractivity contribution is -0.144. The van der Waals surface area contributed by atoms with Crippen molar-refractivity contribution in [3.8, 4) is 11.5 Å². The van der Waals surface area contributed by atoms with E-state index in [0.717, 1.165) is 10.6 Å². The highest BCUT2D eigenvalue weighted by atomic mass is 32.2. The Kier molecular flexibility index (Phi) is 6.03. The standard InChI is InChI=1S/C18H21NO5S/c1-4-23-18(20)14(2)19(25(3,21)22)15-10-12-17(13-11-15)24-16-8-6-5-7-9-16/h5-14H,4H2,1-3H3/t14-/m1/s1. The van der Waals surface area contributed by atoms with Gasteiger partial charge in [-0.05, 0) is 50.2 Å². The van der Waals surface area contributed by atoms with Gasteiger partial charge in [0, 0.05) is 0 Å². The fourth-order valence-corrected chi connectivity index (χ4v) is 3.51. The van der Waals surface area contributed by atoms with E-state index in [1.165, 1.54) is 6.92 Å². The molecule has 0 aliphatic rings. The topological polar surface area (TPSA) is 72.9 Å². The molecule has 134 valence electrons. The van der Waals surface area contributed by atoms with E-state index in [4.69, 9.17) is 9.47 Å². The third kappa shape index (κ3) is 4.96. The maximum atomic E-state index is 12.1. The van der Waals surface area contributed by atoms with Gasteiger partial charge in [-0.25, -0.2) is 13.2 Å². The second kappa shape index (κ2) is 8.02. The quantitative estimate of drug-likeness (QED) is 0.707. The molecule has 0 radical (unpaired) electrons. The van der Waals surface area contributed by atoms with E-state index in [1.807, 2.05) is 30.3 Å². The van der Waals surface area contributed by atoms with Crippen molar-refractivity contribution in [1.29, 1.82) is 0 Å². The molecule has 0 bridgehead atoms. The molecule has 0 saturated heterocycles. The third-order valence-electron chi connectivity index (χ3n) is 3.41. The van der Waals surface area contributed by atoms with E-state index in [2.05, 4.69) is 0 Å². The number of carbonyl (C=O) groups excluding carboxylic acids is 1. The van der Waals surface area contributed by atoms with Gasteiger partial charge >= 0.3 is 5.97 Å². The molecule has 25 heavy (non-hydrogen) atoms. The van der Waals surface area contributed by atoms with Crippen LogP contribution in [0.25, 0.3) is 0 Å². The molecule has 0 aromatic heterocycles. The Morgan fingerprint density at radius 1 is 1.04 bits per heavy atom. The summed E-state index contributed by atoms with van der Waals surface area (Å²) in [4.78, 5) is 12.0. The number of esters is 1. The monoisotopic (exact) mass is 363 g/mol. The first-order chi connectivity index (χ1) is 11.8. The van der Waals surface area contributed by atoms with Crippen LogP contribution in [0.15, 0.2) is 54.6 Å². The third-order valence-corrected chi connectivity index (χ3v) is 4.65. The van der Waals surface area contributed by atoms with Crippen molar-refractivity contribution in [3.05, 3.63) is 54.6 Å². The number of para-hydroxylation sites is 1. The highest BCUT2D eigenvalue weighted by Crippen LogP contribution is 2.27. The first-order valence-corrected chi connectivity index (χ1v) is 9.66. The van der Waals surface area contributed by atoms with Crippen molar-refractivity contribution in [2.45, 2.75) is 19.9 Å². The van der Waals surface area contributed by atoms with Crippen LogP contribution in [0.2, 0.25) is 0 Å². The van der Waals surface area contributed by atoms with Gasteiger partial charge in [0.2, 0.25) is 10.0 Å². The number of hydrogen-bond acceptors (Lipinski definition) is 5. The van der Waals surface area contributed by atoms with E-state index in [1.54, 1.807) is 31.2 Å². The summed E-state index contributed by atoms with van der Waals surface area (Å²) in [5, 5.41) is 0. The number of nitrogens with zero attached hydrogens (tertiary/aromatic N) is 1. The fraction of sp³-hybridized carbons (Fsp3) is 0.278. The van der Waals surface area contributed by atoms with E-state index in [9.17, 15) is 13.2 Å². The average Bonchev–Trinajstić information content (AvgIpc) is 2.56. The van der Waals surface area contributed by atoms with Crippen molar-refractivity contribution in [3.63, 3.8) is 0 Å². The molecule has 2 aromatic carbocycles. The number of rotatable bonds is 7. The first kappa shape index (κ1) is 18.8. The highest BCUT2D eigenvalue weighted by Gasteiger charge is 2.30. The Balaban J connectivity index is 2.25. The number of carbonyl (C=O) groups is 1. The fourth-order valence-electron chi connectivity index (χ4n) is 2.35. The molecule has 0 amide bonds. The van der Waals surface area contributed by atoms with Gasteiger partial charge in [0.25, 0.3) is 0 Å². The zero-order chi connectivity index (χ0) is 18.4. The molecule has 2 rings (SSSR count). The van der Waals surface area contributed by atoms with E-state index in [-0.39, 0.29) is 6.61 Å². The Morgan fingerprint density at radius 2 is 1.60 bits per heavy atom. The summed E-state index contributed by atoms with van der Waals surface area (Å²) in [6.07, 6.45) is 1.05. The van der Waals surface area contributed by atoms with Crippen LogP contribution >= 0.6 is 0 Å². The molecular weight excluding hydrogens is 342 g/mol. The molecule has 1 atom stereocenters. The minimum absolute atomic E-state index is 0.185. The molecular formula is C18H21NO5S. The zero-order valence-electron chi connectivity index (χ0n) is 14.4. The van der Waals surface area contributed by atoms with Gasteiger partial charge in [0.05, 0.1) is 18.6 Å². The van der Waals surface area contributed by atoms with Gasteiger partial charge in [-0.2, -0.15) is 0 Å². The number of hydrogen-bond donors (Lipinski definition) is 0. The predicted octanol–water partition coefficient (Wildman–Crippen LogP) is 3.20. The van der Waals surface area contributed by atoms with Crippen molar-refractivity contribution in [2.75, 3.05) is 17.2 Å². The van der Waals surface area contributed by atoms with Crippen molar-refractivity contribution < 1.29 is 22.7 Å². The van der Waals surface area contributed by atoms with Crippen LogP contribution in [0.5, 0.6) is 11.5 Å². The summed E-state index contributed by atoms with van der Waals surface area (Å²) >= 11 is 0. The molecule has 0 aliphatic carbocycles. The lowest BCUT2D eigenvalue weighted by Crippen LogP contribution is -2.43. The Hall–Kier alpha value is -2.54. The second-order valence-corrected chi connectivity index (χ2v) is 7.26. The summed E-state index contributed by atoms with van der Waals surface area (Å²) in [6.45, 7) is 3.35. The minimum Gasteiger partial charge on any atom is -0.464 e. The van der Waals surface area contributed by atoms with Crippen molar-refractivity contribution >= 4 is 21.7 Å². The van der Waals surface area contributed by atoms with Gasteiger partial charge in [0.1, 0.15) is 17.5 Å². The summed E-state index contributed by atoms with van der Waals surface area (Å²) in [5.41, 5.74) is 0.364. The van der Waals surface area contributed by atoms with Crippen LogP contribution in [-0.2, 0) is 19.6 Å². The van der Waals surface area contributed by atoms with Gasteiger partial charge < -0.3 is 9.47 Å². The molecule has 0 unspecified atom stereocenters. The lowest BCUT2D eigenvalue weighted by Gasteiger charge is -2.27. The van der Waals surface area contributed by atoms with Crippen LogP contribution in [0.3, 0.4) is 0 Å². The molecule has 0 aliphatic heterocycles. The SMILES string of the molecule is CCOC(=O)[C@@H](C)N(c1ccc(Oc2ccccc2)cc1)S(C)(=O)=O. The molecule has 0 heterocycles. The van der Waals surface area contributed by atoms with Crippen LogP contribution in [0, 0.1) is 0 Å². The first-order valence-electron chi connectivity index (χ1n) is 7.82. The van der Waals surface area contributed by atoms with Crippen molar-refractivity contribution in [2.24, 2.45) is 0 Å². The van der Waals surface area contributed by atoms with E-state index >= 15 is 0 Å². The molecule has 2 aromatic rings. The lowest BCUT2D eigenvalue weighted by atomic mass is 10.2. The average molecular weight is 363 g/mol. The summed E-state index contributed by atoms with van der Waals surface area (Å²) in [6, 6.07) is 14.8. The molecule has 0 spiro atoms.